The number of benzene rings is 1. The van der Waals surface area contributed by atoms with Crippen molar-refractivity contribution in [3.63, 3.8) is 0 Å². The lowest BCUT2D eigenvalue weighted by atomic mass is 9.91. The van der Waals surface area contributed by atoms with E-state index >= 15 is 0 Å². The number of aliphatic carboxylic acids is 1. The zero-order valence-electron chi connectivity index (χ0n) is 11.2. The number of carboxylic acid groups (broad SMARTS) is 1. The van der Waals surface area contributed by atoms with Crippen LogP contribution in [-0.2, 0) is 10.3 Å². The number of halogens is 1. The summed E-state index contributed by atoms with van der Waals surface area (Å²) in [5.74, 6) is -2.60. The molecule has 0 saturated heterocycles. The maximum absolute atomic E-state index is 13.1. The number of amides is 1. The summed E-state index contributed by atoms with van der Waals surface area (Å²) in [5, 5.41) is 11.8. The SMILES string of the molecule is CC(NC(=O)c1cncc(F)c1)(C(=O)O)c1ccccc1. The van der Waals surface area contributed by atoms with Crippen molar-refractivity contribution in [2.75, 3.05) is 0 Å². The first-order valence-electron chi connectivity index (χ1n) is 6.15. The second-order valence-electron chi connectivity index (χ2n) is 4.64. The van der Waals surface area contributed by atoms with Crippen molar-refractivity contribution >= 4 is 11.9 Å². The molecule has 2 rings (SSSR count). The second kappa shape index (κ2) is 5.70. The van der Waals surface area contributed by atoms with Gasteiger partial charge in [-0.05, 0) is 18.6 Å². The Morgan fingerprint density at radius 1 is 1.24 bits per heavy atom. The first kappa shape index (κ1) is 14.6. The van der Waals surface area contributed by atoms with Crippen molar-refractivity contribution in [3.05, 3.63) is 65.7 Å². The van der Waals surface area contributed by atoms with E-state index < -0.39 is 23.2 Å². The molecule has 108 valence electrons. The Hall–Kier alpha value is -2.76. The Bertz CT molecular complexity index is 676. The Labute approximate surface area is 120 Å². The molecule has 0 bridgehead atoms. The lowest BCUT2D eigenvalue weighted by Crippen LogP contribution is -2.49. The Kier molecular flexibility index (Phi) is 3.98. The quantitative estimate of drug-likeness (QED) is 0.901. The molecule has 1 atom stereocenters. The first-order chi connectivity index (χ1) is 9.93. The van der Waals surface area contributed by atoms with Crippen molar-refractivity contribution in [3.8, 4) is 0 Å². The van der Waals surface area contributed by atoms with Crippen LogP contribution in [0.3, 0.4) is 0 Å². The summed E-state index contributed by atoms with van der Waals surface area (Å²) in [6.45, 7) is 1.37. The molecule has 2 N–H and O–H groups in total. The summed E-state index contributed by atoms with van der Waals surface area (Å²) in [4.78, 5) is 27.2. The van der Waals surface area contributed by atoms with E-state index in [0.29, 0.717) is 5.56 Å². The summed E-state index contributed by atoms with van der Waals surface area (Å²) in [7, 11) is 0. The van der Waals surface area contributed by atoms with Crippen molar-refractivity contribution in [1.82, 2.24) is 10.3 Å². The van der Waals surface area contributed by atoms with Crippen molar-refractivity contribution < 1.29 is 19.1 Å². The number of hydrogen-bond acceptors (Lipinski definition) is 3. The van der Waals surface area contributed by atoms with Gasteiger partial charge in [0.1, 0.15) is 5.82 Å². The zero-order chi connectivity index (χ0) is 15.5. The number of pyridine rings is 1. The molecule has 1 unspecified atom stereocenters. The van der Waals surface area contributed by atoms with Gasteiger partial charge in [0.15, 0.2) is 5.54 Å². The minimum absolute atomic E-state index is 0.0431. The van der Waals surface area contributed by atoms with E-state index in [9.17, 15) is 19.1 Å². The van der Waals surface area contributed by atoms with Crippen LogP contribution >= 0.6 is 0 Å². The molecule has 1 amide bonds. The fourth-order valence-corrected chi connectivity index (χ4v) is 1.86. The van der Waals surface area contributed by atoms with Gasteiger partial charge in [0, 0.05) is 6.20 Å². The lowest BCUT2D eigenvalue weighted by molar-refractivity contribution is -0.144. The van der Waals surface area contributed by atoms with Gasteiger partial charge in [-0.2, -0.15) is 0 Å². The number of hydrogen-bond donors (Lipinski definition) is 2. The summed E-state index contributed by atoms with van der Waals surface area (Å²) in [6.07, 6.45) is 2.13. The Morgan fingerprint density at radius 3 is 2.48 bits per heavy atom. The van der Waals surface area contributed by atoms with E-state index in [0.717, 1.165) is 12.3 Å². The molecule has 0 aliphatic rings. The van der Waals surface area contributed by atoms with Crippen LogP contribution in [0.5, 0.6) is 0 Å². The number of nitrogens with one attached hydrogen (secondary N) is 1. The molecule has 0 saturated carbocycles. The molecular weight excluding hydrogens is 275 g/mol. The Morgan fingerprint density at radius 2 is 1.90 bits per heavy atom. The van der Waals surface area contributed by atoms with Crippen LogP contribution in [0.2, 0.25) is 0 Å². The topological polar surface area (TPSA) is 79.3 Å². The molecule has 6 heteroatoms. The van der Waals surface area contributed by atoms with E-state index in [1.807, 2.05) is 0 Å². The van der Waals surface area contributed by atoms with Crippen LogP contribution in [-0.4, -0.2) is 22.0 Å². The van der Waals surface area contributed by atoms with Crippen LogP contribution in [0.1, 0.15) is 22.8 Å². The molecule has 0 spiro atoms. The van der Waals surface area contributed by atoms with Gasteiger partial charge in [-0.1, -0.05) is 30.3 Å². The average Bonchev–Trinajstić information content (AvgIpc) is 2.47. The maximum Gasteiger partial charge on any atom is 0.333 e. The number of carbonyl (C=O) groups is 2. The second-order valence-corrected chi connectivity index (χ2v) is 4.64. The third-order valence-corrected chi connectivity index (χ3v) is 3.11. The fraction of sp³-hybridized carbons (Fsp3) is 0.133. The molecule has 0 aliphatic heterocycles. The van der Waals surface area contributed by atoms with Gasteiger partial charge in [0.2, 0.25) is 0 Å². The number of nitrogens with zero attached hydrogens (tertiary/aromatic N) is 1. The molecule has 0 radical (unpaired) electrons. The molecular formula is C15H13FN2O3. The standard InChI is InChI=1S/C15H13FN2O3/c1-15(14(20)21,11-5-3-2-4-6-11)18-13(19)10-7-12(16)9-17-8-10/h2-9H,1H3,(H,18,19)(H,20,21). The van der Waals surface area contributed by atoms with Crippen LogP contribution in [0, 0.1) is 5.82 Å². The average molecular weight is 288 g/mol. The summed E-state index contributed by atoms with van der Waals surface area (Å²) < 4.78 is 13.1. The fourth-order valence-electron chi connectivity index (χ4n) is 1.86. The summed E-state index contributed by atoms with van der Waals surface area (Å²) >= 11 is 0. The summed E-state index contributed by atoms with van der Waals surface area (Å²) in [5.41, 5.74) is -1.25. The molecule has 5 nitrogen and oxygen atoms in total. The Balaban J connectivity index is 2.33. The predicted molar refractivity (Wildman–Crippen MR) is 73.1 cm³/mol. The predicted octanol–water partition coefficient (Wildman–Crippen LogP) is 1.95. The maximum atomic E-state index is 13.1. The van der Waals surface area contributed by atoms with E-state index in [1.54, 1.807) is 30.3 Å². The molecule has 0 fully saturated rings. The molecule has 2 aromatic rings. The van der Waals surface area contributed by atoms with E-state index in [-0.39, 0.29) is 5.56 Å². The van der Waals surface area contributed by atoms with Crippen LogP contribution in [0.15, 0.2) is 48.8 Å². The zero-order valence-corrected chi connectivity index (χ0v) is 11.2. The van der Waals surface area contributed by atoms with Gasteiger partial charge in [0.25, 0.3) is 5.91 Å². The molecule has 21 heavy (non-hydrogen) atoms. The normalized spacial score (nSPS) is 13.2. The van der Waals surface area contributed by atoms with Gasteiger partial charge in [-0.25, -0.2) is 9.18 Å². The van der Waals surface area contributed by atoms with Crippen molar-refractivity contribution in [2.45, 2.75) is 12.5 Å². The van der Waals surface area contributed by atoms with Gasteiger partial charge < -0.3 is 10.4 Å². The van der Waals surface area contributed by atoms with E-state index in [4.69, 9.17) is 0 Å². The molecule has 0 aliphatic carbocycles. The smallest absolute Gasteiger partial charge is 0.333 e. The number of rotatable bonds is 4. The number of carbonyl (C=O) groups excluding carboxylic acids is 1. The highest BCUT2D eigenvalue weighted by Crippen LogP contribution is 2.21. The van der Waals surface area contributed by atoms with E-state index in [2.05, 4.69) is 10.3 Å². The van der Waals surface area contributed by atoms with Crippen molar-refractivity contribution in [2.24, 2.45) is 0 Å². The highest BCUT2D eigenvalue weighted by Gasteiger charge is 2.37. The number of aromatic nitrogens is 1. The minimum Gasteiger partial charge on any atom is -0.479 e. The molecule has 1 aromatic heterocycles. The van der Waals surface area contributed by atoms with Gasteiger partial charge >= 0.3 is 5.97 Å². The highest BCUT2D eigenvalue weighted by molar-refractivity contribution is 5.97. The van der Waals surface area contributed by atoms with E-state index in [1.165, 1.54) is 13.1 Å². The largest absolute Gasteiger partial charge is 0.479 e. The van der Waals surface area contributed by atoms with Gasteiger partial charge in [-0.15, -0.1) is 0 Å². The minimum atomic E-state index is -1.62. The molecule has 1 aromatic carbocycles. The first-order valence-corrected chi connectivity index (χ1v) is 6.15. The van der Waals surface area contributed by atoms with Crippen molar-refractivity contribution in [1.29, 1.82) is 0 Å². The third kappa shape index (κ3) is 3.05. The summed E-state index contributed by atoms with van der Waals surface area (Å²) in [6, 6.07) is 9.27. The third-order valence-electron chi connectivity index (χ3n) is 3.11. The highest BCUT2D eigenvalue weighted by atomic mass is 19.1. The van der Waals surface area contributed by atoms with Gasteiger partial charge in [-0.3, -0.25) is 9.78 Å². The van der Waals surface area contributed by atoms with Gasteiger partial charge in [0.05, 0.1) is 11.8 Å². The monoisotopic (exact) mass is 288 g/mol. The molecule has 1 heterocycles. The number of carboxylic acids is 1. The van der Waals surface area contributed by atoms with Crippen LogP contribution < -0.4 is 5.32 Å². The lowest BCUT2D eigenvalue weighted by Gasteiger charge is -2.26. The van der Waals surface area contributed by atoms with Crippen LogP contribution in [0.25, 0.3) is 0 Å². The van der Waals surface area contributed by atoms with Crippen LogP contribution in [0.4, 0.5) is 4.39 Å².